The summed E-state index contributed by atoms with van der Waals surface area (Å²) in [6.45, 7) is 3.44. The van der Waals surface area contributed by atoms with Crippen LogP contribution in [0.15, 0.2) is 23.8 Å². The summed E-state index contributed by atoms with van der Waals surface area (Å²) < 4.78 is 1.75. The van der Waals surface area contributed by atoms with Gasteiger partial charge in [-0.25, -0.2) is 4.98 Å². The van der Waals surface area contributed by atoms with E-state index in [2.05, 4.69) is 27.6 Å². The Labute approximate surface area is 140 Å². The van der Waals surface area contributed by atoms with Gasteiger partial charge in [0.15, 0.2) is 0 Å². The van der Waals surface area contributed by atoms with Gasteiger partial charge < -0.3 is 4.90 Å². The number of likely N-dealkylation sites (tertiary alicyclic amines) is 1. The standard InChI is InChI=1S/C16H23N5OS/c1-12(19(2)10-15-17-11-18-20(15)3)16(22)21-8-4-6-13(21)14-7-5-9-23-14/h5,7,9,11-13H,4,6,8,10H2,1-3H3/t12-,13-/m1/s1. The largest absolute Gasteiger partial charge is 0.333 e. The Balaban J connectivity index is 1.67. The lowest BCUT2D eigenvalue weighted by atomic mass is 10.1. The number of carbonyl (C=O) groups excluding carboxylic acids is 1. The molecule has 6 nitrogen and oxygen atoms in total. The smallest absolute Gasteiger partial charge is 0.240 e. The Morgan fingerprint density at radius 2 is 2.39 bits per heavy atom. The second-order valence-electron chi connectivity index (χ2n) is 6.10. The molecule has 124 valence electrons. The second-order valence-corrected chi connectivity index (χ2v) is 7.08. The third-order valence-electron chi connectivity index (χ3n) is 4.62. The van der Waals surface area contributed by atoms with Crippen molar-refractivity contribution in [1.82, 2.24) is 24.6 Å². The minimum Gasteiger partial charge on any atom is -0.333 e. The van der Waals surface area contributed by atoms with E-state index in [0.29, 0.717) is 6.54 Å². The summed E-state index contributed by atoms with van der Waals surface area (Å²) in [5.74, 6) is 1.06. The minimum atomic E-state index is -0.174. The van der Waals surface area contributed by atoms with Crippen molar-refractivity contribution < 1.29 is 4.79 Å². The number of amides is 1. The fourth-order valence-corrected chi connectivity index (χ4v) is 3.93. The second kappa shape index (κ2) is 6.80. The molecule has 23 heavy (non-hydrogen) atoms. The highest BCUT2D eigenvalue weighted by Crippen LogP contribution is 2.35. The van der Waals surface area contributed by atoms with E-state index in [1.807, 2.05) is 30.8 Å². The van der Waals surface area contributed by atoms with E-state index in [-0.39, 0.29) is 18.0 Å². The van der Waals surface area contributed by atoms with Crippen LogP contribution in [-0.2, 0) is 18.4 Å². The molecule has 0 spiro atoms. The van der Waals surface area contributed by atoms with Crippen LogP contribution < -0.4 is 0 Å². The Morgan fingerprint density at radius 1 is 1.57 bits per heavy atom. The zero-order valence-electron chi connectivity index (χ0n) is 13.8. The van der Waals surface area contributed by atoms with Crippen molar-refractivity contribution in [2.24, 2.45) is 7.05 Å². The number of hydrogen-bond acceptors (Lipinski definition) is 5. The van der Waals surface area contributed by atoms with Gasteiger partial charge in [-0.2, -0.15) is 5.10 Å². The molecule has 0 unspecified atom stereocenters. The molecule has 3 rings (SSSR count). The lowest BCUT2D eigenvalue weighted by Crippen LogP contribution is -2.45. The molecule has 0 bridgehead atoms. The maximum Gasteiger partial charge on any atom is 0.240 e. The molecule has 1 fully saturated rings. The molecule has 2 aromatic heterocycles. The number of aromatic nitrogens is 3. The molecule has 3 heterocycles. The van der Waals surface area contributed by atoms with Crippen molar-refractivity contribution in [2.45, 2.75) is 38.4 Å². The van der Waals surface area contributed by atoms with E-state index in [9.17, 15) is 4.79 Å². The first-order valence-electron chi connectivity index (χ1n) is 7.95. The third-order valence-corrected chi connectivity index (χ3v) is 5.60. The quantitative estimate of drug-likeness (QED) is 0.840. The Morgan fingerprint density at radius 3 is 3.04 bits per heavy atom. The van der Waals surface area contributed by atoms with Crippen LogP contribution >= 0.6 is 11.3 Å². The predicted molar refractivity (Wildman–Crippen MR) is 89.9 cm³/mol. The summed E-state index contributed by atoms with van der Waals surface area (Å²) >= 11 is 1.74. The molecule has 1 aliphatic heterocycles. The van der Waals surface area contributed by atoms with Gasteiger partial charge in [-0.15, -0.1) is 11.3 Å². The van der Waals surface area contributed by atoms with Gasteiger partial charge in [-0.05, 0) is 38.3 Å². The summed E-state index contributed by atoms with van der Waals surface area (Å²) in [6, 6.07) is 4.26. The first kappa shape index (κ1) is 16.1. The van der Waals surface area contributed by atoms with Crippen LogP contribution in [0, 0.1) is 0 Å². The lowest BCUT2D eigenvalue weighted by molar-refractivity contribution is -0.137. The Hall–Kier alpha value is -1.73. The molecule has 2 atom stereocenters. The van der Waals surface area contributed by atoms with Crippen molar-refractivity contribution >= 4 is 17.2 Å². The van der Waals surface area contributed by atoms with E-state index in [1.54, 1.807) is 22.3 Å². The van der Waals surface area contributed by atoms with Crippen LogP contribution in [0.1, 0.15) is 36.5 Å². The highest BCUT2D eigenvalue weighted by molar-refractivity contribution is 7.10. The average molecular weight is 333 g/mol. The molecule has 1 amide bonds. The molecule has 0 N–H and O–H groups in total. The first-order valence-corrected chi connectivity index (χ1v) is 8.83. The lowest BCUT2D eigenvalue weighted by Gasteiger charge is -2.31. The van der Waals surface area contributed by atoms with E-state index in [1.165, 1.54) is 4.88 Å². The number of likely N-dealkylation sites (N-methyl/N-ethyl adjacent to an activating group) is 1. The van der Waals surface area contributed by atoms with Gasteiger partial charge in [0.2, 0.25) is 5.91 Å². The molecule has 7 heteroatoms. The van der Waals surface area contributed by atoms with E-state index in [4.69, 9.17) is 0 Å². The molecular weight excluding hydrogens is 310 g/mol. The molecule has 1 aliphatic rings. The summed E-state index contributed by atoms with van der Waals surface area (Å²) in [4.78, 5) is 22.6. The summed E-state index contributed by atoms with van der Waals surface area (Å²) in [7, 11) is 3.84. The molecule has 1 saturated heterocycles. The molecule has 0 aliphatic carbocycles. The normalized spacial score (nSPS) is 19.5. The van der Waals surface area contributed by atoms with Crippen LogP contribution in [0.3, 0.4) is 0 Å². The average Bonchev–Trinajstić information content (AvgIpc) is 3.27. The fourth-order valence-electron chi connectivity index (χ4n) is 3.06. The van der Waals surface area contributed by atoms with E-state index in [0.717, 1.165) is 25.2 Å². The van der Waals surface area contributed by atoms with Crippen LogP contribution in [-0.4, -0.2) is 50.1 Å². The molecule has 0 aromatic carbocycles. The topological polar surface area (TPSA) is 54.3 Å². The van der Waals surface area contributed by atoms with Gasteiger partial charge in [0.25, 0.3) is 0 Å². The Bertz CT molecular complexity index is 653. The zero-order valence-corrected chi connectivity index (χ0v) is 14.7. The molecule has 0 radical (unpaired) electrons. The summed E-state index contributed by atoms with van der Waals surface area (Å²) in [5, 5.41) is 6.17. The minimum absolute atomic E-state index is 0.174. The fraction of sp³-hybridized carbons (Fsp3) is 0.562. The van der Waals surface area contributed by atoms with E-state index >= 15 is 0 Å². The van der Waals surface area contributed by atoms with Crippen molar-refractivity contribution in [1.29, 1.82) is 0 Å². The maximum atomic E-state index is 13.0. The predicted octanol–water partition coefficient (Wildman–Crippen LogP) is 2.06. The summed E-state index contributed by atoms with van der Waals surface area (Å²) in [5.41, 5.74) is 0. The molecule has 2 aromatic rings. The number of aryl methyl sites for hydroxylation is 1. The van der Waals surface area contributed by atoms with Crippen molar-refractivity contribution in [3.8, 4) is 0 Å². The first-order chi connectivity index (χ1) is 11.1. The molecule has 0 saturated carbocycles. The van der Waals surface area contributed by atoms with Crippen molar-refractivity contribution in [3.63, 3.8) is 0 Å². The number of carbonyl (C=O) groups is 1. The maximum absolute atomic E-state index is 13.0. The summed E-state index contributed by atoms with van der Waals surface area (Å²) in [6.07, 6.45) is 3.68. The van der Waals surface area contributed by atoms with Crippen molar-refractivity contribution in [3.05, 3.63) is 34.5 Å². The highest BCUT2D eigenvalue weighted by atomic mass is 32.1. The number of nitrogens with zero attached hydrogens (tertiary/aromatic N) is 5. The monoisotopic (exact) mass is 333 g/mol. The van der Waals surface area contributed by atoms with Crippen LogP contribution in [0.4, 0.5) is 0 Å². The van der Waals surface area contributed by atoms with Gasteiger partial charge in [0.05, 0.1) is 18.6 Å². The van der Waals surface area contributed by atoms with E-state index < -0.39 is 0 Å². The van der Waals surface area contributed by atoms with Gasteiger partial charge >= 0.3 is 0 Å². The third kappa shape index (κ3) is 3.30. The van der Waals surface area contributed by atoms with Gasteiger partial charge in [-0.1, -0.05) is 6.07 Å². The highest BCUT2D eigenvalue weighted by Gasteiger charge is 2.34. The number of thiophene rings is 1. The van der Waals surface area contributed by atoms with Crippen molar-refractivity contribution in [2.75, 3.05) is 13.6 Å². The number of rotatable bonds is 5. The Kier molecular flexibility index (Phi) is 4.77. The number of hydrogen-bond donors (Lipinski definition) is 0. The van der Waals surface area contributed by atoms with Gasteiger partial charge in [0, 0.05) is 18.5 Å². The molecular formula is C16H23N5OS. The van der Waals surface area contributed by atoms with Crippen LogP contribution in [0.25, 0.3) is 0 Å². The zero-order chi connectivity index (χ0) is 16.4. The SMILES string of the molecule is C[C@H](C(=O)N1CCC[C@@H]1c1cccs1)N(C)Cc1ncnn1C. The van der Waals surface area contributed by atoms with Crippen LogP contribution in [0.5, 0.6) is 0 Å². The van der Waals surface area contributed by atoms with Crippen LogP contribution in [0.2, 0.25) is 0 Å². The van der Waals surface area contributed by atoms with Gasteiger partial charge in [0.1, 0.15) is 12.2 Å². The van der Waals surface area contributed by atoms with Gasteiger partial charge in [-0.3, -0.25) is 14.4 Å².